The molecule has 0 aromatic heterocycles. The molecule has 0 radical (unpaired) electrons. The summed E-state index contributed by atoms with van der Waals surface area (Å²) in [5.74, 6) is 3.32. The number of likely N-dealkylation sites (N-methyl/N-ethyl adjacent to an activating group) is 2. The second-order valence-corrected chi connectivity index (χ2v) is 12.1. The number of aromatic hydroxyl groups is 2. The summed E-state index contributed by atoms with van der Waals surface area (Å²) < 4.78 is 24.7. The number of methoxy groups -OCH3 is 2. The van der Waals surface area contributed by atoms with Crippen LogP contribution in [0.15, 0.2) is 60.7 Å². The highest BCUT2D eigenvalue weighted by atomic mass is 16.5. The Kier molecular flexibility index (Phi) is 7.26. The van der Waals surface area contributed by atoms with Crippen LogP contribution in [-0.2, 0) is 25.7 Å². The van der Waals surface area contributed by atoms with Crippen LogP contribution in [0.3, 0.4) is 0 Å². The molecule has 6 aliphatic heterocycles. The third-order valence-electron chi connectivity index (χ3n) is 9.43. The van der Waals surface area contributed by atoms with E-state index in [0.717, 1.165) is 72.2 Å². The fraction of sp³-hybridized carbons (Fsp3) is 0.333. The van der Waals surface area contributed by atoms with E-state index in [4.69, 9.17) is 18.9 Å². The summed E-state index contributed by atoms with van der Waals surface area (Å²) in [6.07, 6.45) is 3.05. The molecule has 0 aliphatic carbocycles. The highest BCUT2D eigenvalue weighted by Gasteiger charge is 2.34. The summed E-state index contributed by atoms with van der Waals surface area (Å²) in [5, 5.41) is 21.9. The number of rotatable bonds is 2. The Bertz CT molecular complexity index is 1580. The van der Waals surface area contributed by atoms with Crippen molar-refractivity contribution >= 4 is 0 Å². The molecular weight excluding hydrogens is 556 g/mol. The van der Waals surface area contributed by atoms with E-state index in [-0.39, 0.29) is 23.6 Å². The van der Waals surface area contributed by atoms with E-state index in [0.29, 0.717) is 34.5 Å². The van der Waals surface area contributed by atoms with Crippen molar-refractivity contribution in [1.82, 2.24) is 9.80 Å². The first-order chi connectivity index (χ1) is 21.3. The predicted octanol–water partition coefficient (Wildman–Crippen LogP) is 6.56. The minimum Gasteiger partial charge on any atom is -0.504 e. The molecule has 4 aromatic rings. The lowest BCUT2D eigenvalue weighted by molar-refractivity contribution is 0.221. The summed E-state index contributed by atoms with van der Waals surface area (Å²) >= 11 is 0. The van der Waals surface area contributed by atoms with Gasteiger partial charge in [-0.15, -0.1) is 0 Å². The number of benzene rings is 4. The van der Waals surface area contributed by atoms with Crippen LogP contribution in [0.4, 0.5) is 0 Å². The van der Waals surface area contributed by atoms with E-state index < -0.39 is 0 Å². The van der Waals surface area contributed by atoms with E-state index in [2.05, 4.69) is 48.2 Å². The van der Waals surface area contributed by atoms with E-state index in [1.54, 1.807) is 14.2 Å². The first-order valence-corrected chi connectivity index (χ1v) is 15.1. The Hall–Kier alpha value is -4.40. The maximum atomic E-state index is 10.9. The average Bonchev–Trinajstić information content (AvgIpc) is 3.01. The van der Waals surface area contributed by atoms with E-state index in [1.165, 1.54) is 0 Å². The number of ether oxygens (including phenoxy) is 4. The van der Waals surface area contributed by atoms with Crippen molar-refractivity contribution < 1.29 is 29.2 Å². The molecule has 0 fully saturated rings. The van der Waals surface area contributed by atoms with Crippen molar-refractivity contribution in [2.75, 3.05) is 41.4 Å². The van der Waals surface area contributed by atoms with Gasteiger partial charge in [0.1, 0.15) is 11.5 Å². The highest BCUT2D eigenvalue weighted by Crippen LogP contribution is 2.51. The van der Waals surface area contributed by atoms with Gasteiger partial charge in [-0.2, -0.15) is 0 Å². The molecule has 4 aromatic carbocycles. The molecule has 10 rings (SSSR count). The second kappa shape index (κ2) is 11.3. The Morgan fingerprint density at radius 2 is 1.02 bits per heavy atom. The molecule has 2 N–H and O–H groups in total. The van der Waals surface area contributed by atoms with Gasteiger partial charge in [-0.25, -0.2) is 0 Å². The molecule has 2 atom stereocenters. The molecule has 2 unspecified atom stereocenters. The van der Waals surface area contributed by atoms with Gasteiger partial charge in [0.25, 0.3) is 0 Å². The SMILES string of the molecule is COc1c(O)cc2c3c1Oc1ccc(cc1)CC1c4c(cc(O)c(OC)c4Oc4ccc(cc4)CC3N(C)CC2)CCN1C. The van der Waals surface area contributed by atoms with Crippen molar-refractivity contribution in [3.63, 3.8) is 0 Å². The van der Waals surface area contributed by atoms with Crippen LogP contribution >= 0.6 is 0 Å². The number of phenols is 2. The first-order valence-electron chi connectivity index (χ1n) is 15.1. The molecule has 228 valence electrons. The smallest absolute Gasteiger partial charge is 0.204 e. The van der Waals surface area contributed by atoms with Gasteiger partial charge in [-0.1, -0.05) is 24.3 Å². The van der Waals surface area contributed by atoms with E-state index >= 15 is 0 Å². The van der Waals surface area contributed by atoms with Crippen LogP contribution in [0.2, 0.25) is 0 Å². The van der Waals surface area contributed by atoms with Crippen LogP contribution in [0.25, 0.3) is 0 Å². The summed E-state index contributed by atoms with van der Waals surface area (Å²) in [6.45, 7) is 1.72. The summed E-state index contributed by atoms with van der Waals surface area (Å²) in [5.41, 5.74) is 6.45. The number of hydrogen-bond acceptors (Lipinski definition) is 8. The second-order valence-electron chi connectivity index (χ2n) is 12.1. The largest absolute Gasteiger partial charge is 0.504 e. The van der Waals surface area contributed by atoms with Gasteiger partial charge in [-0.05, 0) is 98.4 Å². The molecule has 8 heteroatoms. The lowest BCUT2D eigenvalue weighted by Crippen LogP contribution is -2.34. The van der Waals surface area contributed by atoms with Crippen molar-refractivity contribution in [3.05, 3.63) is 94.0 Å². The molecule has 6 heterocycles. The third-order valence-corrected chi connectivity index (χ3v) is 9.43. The molecule has 0 spiro atoms. The van der Waals surface area contributed by atoms with Gasteiger partial charge in [0.05, 0.1) is 14.2 Å². The Morgan fingerprint density at radius 3 is 1.39 bits per heavy atom. The average molecular weight is 595 g/mol. The molecule has 8 nitrogen and oxygen atoms in total. The predicted molar refractivity (Wildman–Crippen MR) is 168 cm³/mol. The lowest BCUT2D eigenvalue weighted by atomic mass is 9.87. The molecule has 4 bridgehead atoms. The fourth-order valence-corrected chi connectivity index (χ4v) is 7.06. The van der Waals surface area contributed by atoms with E-state index in [9.17, 15) is 10.2 Å². The molecule has 44 heavy (non-hydrogen) atoms. The van der Waals surface area contributed by atoms with Crippen molar-refractivity contribution in [2.24, 2.45) is 0 Å². The molecule has 0 saturated heterocycles. The van der Waals surface area contributed by atoms with Crippen LogP contribution in [0, 0.1) is 0 Å². The number of nitrogens with zero attached hydrogens (tertiary/aromatic N) is 2. The van der Waals surface area contributed by atoms with Crippen LogP contribution in [0.5, 0.6) is 46.0 Å². The zero-order chi connectivity index (χ0) is 30.5. The molecular formula is C36H38N2O6. The minimum atomic E-state index is 0.00246. The Morgan fingerprint density at radius 1 is 0.636 bits per heavy atom. The summed E-state index contributed by atoms with van der Waals surface area (Å²) in [7, 11) is 7.38. The van der Waals surface area contributed by atoms with Gasteiger partial charge < -0.3 is 29.2 Å². The molecule has 0 amide bonds. The zero-order valence-corrected chi connectivity index (χ0v) is 25.6. The van der Waals surface area contributed by atoms with Crippen LogP contribution in [-0.4, -0.2) is 61.4 Å². The number of phenolic OH excluding ortho intramolecular Hbond substituents is 2. The van der Waals surface area contributed by atoms with Gasteiger partial charge >= 0.3 is 0 Å². The summed E-state index contributed by atoms with van der Waals surface area (Å²) in [4.78, 5) is 4.66. The topological polar surface area (TPSA) is 83.9 Å². The monoisotopic (exact) mass is 594 g/mol. The minimum absolute atomic E-state index is 0.00246. The maximum absolute atomic E-state index is 10.9. The van der Waals surface area contributed by atoms with Gasteiger partial charge in [-0.3, -0.25) is 9.80 Å². The molecule has 6 aliphatic rings. The van der Waals surface area contributed by atoms with Crippen LogP contribution in [0.1, 0.15) is 45.5 Å². The zero-order valence-electron chi connectivity index (χ0n) is 25.6. The number of hydrogen-bond donors (Lipinski definition) is 2. The standard InChI is InChI=1S/C36H38N2O6/c1-37-15-13-23-19-29(39)33(41-3)35-31(23)27(37)17-21-5-9-26(10-6-21)44-36-32-24(20-30(40)34(36)42-4)14-16-38(2)28(32)18-22-7-11-25(43-35)12-8-22/h5-12,19-20,27-28,39-40H,13-18H2,1-4H3. The molecule has 0 saturated carbocycles. The van der Waals surface area contributed by atoms with Crippen molar-refractivity contribution in [2.45, 2.75) is 37.8 Å². The van der Waals surface area contributed by atoms with E-state index in [1.807, 2.05) is 36.4 Å². The first kappa shape index (κ1) is 28.4. The van der Waals surface area contributed by atoms with Gasteiger partial charge in [0.2, 0.25) is 11.5 Å². The third kappa shape index (κ3) is 4.88. The Labute approximate surface area is 258 Å². The highest BCUT2D eigenvalue weighted by molar-refractivity contribution is 5.63. The van der Waals surface area contributed by atoms with Crippen molar-refractivity contribution in [1.29, 1.82) is 0 Å². The Balaban J connectivity index is 1.41. The normalized spacial score (nSPS) is 19.6. The van der Waals surface area contributed by atoms with Crippen LogP contribution < -0.4 is 18.9 Å². The summed E-state index contributed by atoms with van der Waals surface area (Å²) in [6, 6.07) is 19.9. The van der Waals surface area contributed by atoms with Gasteiger partial charge in [0, 0.05) is 36.3 Å². The quantitative estimate of drug-likeness (QED) is 0.270. The van der Waals surface area contributed by atoms with Crippen molar-refractivity contribution in [3.8, 4) is 46.0 Å². The van der Waals surface area contributed by atoms with Gasteiger partial charge in [0.15, 0.2) is 23.0 Å². The maximum Gasteiger partial charge on any atom is 0.204 e. The fourth-order valence-electron chi connectivity index (χ4n) is 7.06. The lowest BCUT2D eigenvalue weighted by Gasteiger charge is -2.37.